The molecular formula is C15H24N4O3. The fourth-order valence-electron chi connectivity index (χ4n) is 2.73. The van der Waals surface area contributed by atoms with Crippen LogP contribution in [0.2, 0.25) is 0 Å². The Bertz CT molecular complexity index is 507. The van der Waals surface area contributed by atoms with Crippen LogP contribution in [-0.2, 0) is 21.4 Å². The Morgan fingerprint density at radius 2 is 2.00 bits per heavy atom. The van der Waals surface area contributed by atoms with Gasteiger partial charge in [-0.05, 0) is 18.9 Å². The van der Waals surface area contributed by atoms with Crippen molar-refractivity contribution in [1.82, 2.24) is 20.0 Å². The second-order valence-electron chi connectivity index (χ2n) is 5.57. The number of aromatic nitrogens is 2. The van der Waals surface area contributed by atoms with Gasteiger partial charge in [-0.2, -0.15) is 5.10 Å². The van der Waals surface area contributed by atoms with Gasteiger partial charge in [0.25, 0.3) is 0 Å². The molecule has 1 N–H and O–H groups in total. The molecule has 0 spiro atoms. The number of hydrogen-bond acceptors (Lipinski definition) is 4. The number of amides is 2. The summed E-state index contributed by atoms with van der Waals surface area (Å²) in [5.41, 5.74) is 0.805. The number of carbonyl (C=O) groups excluding carboxylic acids is 2. The zero-order valence-electron chi connectivity index (χ0n) is 13.2. The van der Waals surface area contributed by atoms with Crippen LogP contribution in [0.4, 0.5) is 0 Å². The van der Waals surface area contributed by atoms with Crippen molar-refractivity contribution in [2.24, 2.45) is 7.05 Å². The largest absolute Gasteiger partial charge is 0.382 e. The summed E-state index contributed by atoms with van der Waals surface area (Å²) in [7, 11) is 3.35. The lowest BCUT2D eigenvalue weighted by atomic mass is 10.2. The van der Waals surface area contributed by atoms with E-state index in [4.69, 9.17) is 4.74 Å². The minimum Gasteiger partial charge on any atom is -0.382 e. The lowest BCUT2D eigenvalue weighted by Crippen LogP contribution is -2.45. The van der Waals surface area contributed by atoms with Crippen LogP contribution in [0.1, 0.15) is 37.4 Å². The highest BCUT2D eigenvalue weighted by Gasteiger charge is 2.26. The third kappa shape index (κ3) is 4.07. The van der Waals surface area contributed by atoms with Gasteiger partial charge in [-0.3, -0.25) is 14.3 Å². The van der Waals surface area contributed by atoms with E-state index in [1.54, 1.807) is 36.0 Å². The van der Waals surface area contributed by atoms with Gasteiger partial charge < -0.3 is 15.0 Å². The minimum absolute atomic E-state index is 0.290. The van der Waals surface area contributed by atoms with Gasteiger partial charge >= 0.3 is 11.8 Å². The third-order valence-corrected chi connectivity index (χ3v) is 3.94. The van der Waals surface area contributed by atoms with Crippen LogP contribution in [0.5, 0.6) is 0 Å². The molecule has 1 aromatic rings. The van der Waals surface area contributed by atoms with Gasteiger partial charge in [-0.25, -0.2) is 0 Å². The predicted octanol–water partition coefficient (Wildman–Crippen LogP) is 0.626. The van der Waals surface area contributed by atoms with E-state index in [1.165, 1.54) is 0 Å². The molecule has 7 heteroatoms. The van der Waals surface area contributed by atoms with Crippen molar-refractivity contribution in [3.05, 3.63) is 18.0 Å². The summed E-state index contributed by atoms with van der Waals surface area (Å²) in [4.78, 5) is 26.2. The summed E-state index contributed by atoms with van der Waals surface area (Å²) in [6.07, 6.45) is 5.81. The van der Waals surface area contributed by atoms with E-state index >= 15 is 0 Å². The number of hydrogen-bond donors (Lipinski definition) is 1. The zero-order chi connectivity index (χ0) is 15.9. The van der Waals surface area contributed by atoms with Crippen molar-refractivity contribution in [2.75, 3.05) is 26.8 Å². The van der Waals surface area contributed by atoms with E-state index in [0.29, 0.717) is 19.7 Å². The SMILES string of the molecule is COCC(NC(=O)C(=O)N1CCCCCC1)c1ccnn1C. The average molecular weight is 308 g/mol. The lowest BCUT2D eigenvalue weighted by Gasteiger charge is -2.22. The Morgan fingerprint density at radius 3 is 2.55 bits per heavy atom. The summed E-state index contributed by atoms with van der Waals surface area (Å²) in [6, 6.07) is 1.42. The molecule has 0 saturated carbocycles. The van der Waals surface area contributed by atoms with Gasteiger partial charge in [-0.15, -0.1) is 0 Å². The van der Waals surface area contributed by atoms with Gasteiger partial charge in [0, 0.05) is 33.4 Å². The molecule has 0 bridgehead atoms. The Morgan fingerprint density at radius 1 is 1.32 bits per heavy atom. The molecule has 0 aliphatic carbocycles. The number of likely N-dealkylation sites (tertiary alicyclic amines) is 1. The van der Waals surface area contributed by atoms with E-state index in [-0.39, 0.29) is 6.04 Å². The van der Waals surface area contributed by atoms with Crippen LogP contribution in [0, 0.1) is 0 Å². The second kappa shape index (κ2) is 7.93. The summed E-state index contributed by atoms with van der Waals surface area (Å²) >= 11 is 0. The maximum atomic E-state index is 12.3. The van der Waals surface area contributed by atoms with Crippen LogP contribution in [0.15, 0.2) is 12.3 Å². The van der Waals surface area contributed by atoms with Crippen LogP contribution in [-0.4, -0.2) is 53.3 Å². The van der Waals surface area contributed by atoms with Crippen molar-refractivity contribution in [3.8, 4) is 0 Å². The molecule has 22 heavy (non-hydrogen) atoms. The molecule has 2 rings (SSSR count). The fourth-order valence-corrected chi connectivity index (χ4v) is 2.73. The number of aryl methyl sites for hydroxylation is 1. The average Bonchev–Trinajstić information content (AvgIpc) is 2.77. The maximum absolute atomic E-state index is 12.3. The van der Waals surface area contributed by atoms with E-state index < -0.39 is 11.8 Å². The number of ether oxygens (including phenoxy) is 1. The maximum Gasteiger partial charge on any atom is 0.311 e. The molecule has 0 aromatic carbocycles. The Labute approximate surface area is 130 Å². The number of carbonyl (C=O) groups is 2. The molecule has 1 atom stereocenters. The van der Waals surface area contributed by atoms with Gasteiger partial charge in [0.1, 0.15) is 0 Å². The number of methoxy groups -OCH3 is 1. The van der Waals surface area contributed by atoms with Gasteiger partial charge in [0.05, 0.1) is 18.3 Å². The number of nitrogens with zero attached hydrogens (tertiary/aromatic N) is 3. The first-order valence-corrected chi connectivity index (χ1v) is 7.70. The van der Waals surface area contributed by atoms with Crippen LogP contribution in [0.25, 0.3) is 0 Å². The molecule has 2 heterocycles. The number of rotatable bonds is 4. The zero-order valence-corrected chi connectivity index (χ0v) is 13.2. The molecule has 1 aromatic heterocycles. The second-order valence-corrected chi connectivity index (χ2v) is 5.57. The topological polar surface area (TPSA) is 76.5 Å². The van der Waals surface area contributed by atoms with E-state index in [9.17, 15) is 9.59 Å². The Kier molecular flexibility index (Phi) is 5.94. The summed E-state index contributed by atoms with van der Waals surface area (Å²) in [5.74, 6) is -1.03. The van der Waals surface area contributed by atoms with Gasteiger partial charge in [0.2, 0.25) is 0 Å². The Balaban J connectivity index is 2.01. The van der Waals surface area contributed by atoms with Crippen LogP contribution in [0.3, 0.4) is 0 Å². The smallest absolute Gasteiger partial charge is 0.311 e. The monoisotopic (exact) mass is 308 g/mol. The standard InChI is InChI=1S/C15H24N4O3/c1-18-13(7-8-16-18)12(11-22-2)17-14(20)15(21)19-9-5-3-4-6-10-19/h7-8,12H,3-6,9-11H2,1-2H3,(H,17,20). The summed E-state index contributed by atoms with van der Waals surface area (Å²) < 4.78 is 6.82. The van der Waals surface area contributed by atoms with Gasteiger partial charge in [-0.1, -0.05) is 12.8 Å². The molecule has 1 aliphatic rings. The van der Waals surface area contributed by atoms with E-state index in [1.807, 2.05) is 0 Å². The van der Waals surface area contributed by atoms with Crippen LogP contribution >= 0.6 is 0 Å². The van der Waals surface area contributed by atoms with Gasteiger partial charge in [0.15, 0.2) is 0 Å². The third-order valence-electron chi connectivity index (χ3n) is 3.94. The highest BCUT2D eigenvalue weighted by atomic mass is 16.5. The molecule has 122 valence electrons. The number of nitrogens with one attached hydrogen (secondary N) is 1. The first-order chi connectivity index (χ1) is 10.6. The highest BCUT2D eigenvalue weighted by Crippen LogP contribution is 2.13. The van der Waals surface area contributed by atoms with E-state index in [2.05, 4.69) is 10.4 Å². The Hall–Kier alpha value is -1.89. The quantitative estimate of drug-likeness (QED) is 0.828. The molecule has 0 radical (unpaired) electrons. The van der Waals surface area contributed by atoms with E-state index in [0.717, 1.165) is 31.4 Å². The van der Waals surface area contributed by atoms with Crippen molar-refractivity contribution in [2.45, 2.75) is 31.7 Å². The van der Waals surface area contributed by atoms with Crippen molar-refractivity contribution >= 4 is 11.8 Å². The molecule has 7 nitrogen and oxygen atoms in total. The first-order valence-electron chi connectivity index (χ1n) is 7.70. The fraction of sp³-hybridized carbons (Fsp3) is 0.667. The molecule has 1 saturated heterocycles. The first kappa shape index (κ1) is 16.5. The molecular weight excluding hydrogens is 284 g/mol. The van der Waals surface area contributed by atoms with Crippen molar-refractivity contribution in [3.63, 3.8) is 0 Å². The lowest BCUT2D eigenvalue weighted by molar-refractivity contribution is -0.146. The molecule has 1 aliphatic heterocycles. The predicted molar refractivity (Wildman–Crippen MR) is 81.0 cm³/mol. The molecule has 2 amide bonds. The normalized spacial score (nSPS) is 16.9. The van der Waals surface area contributed by atoms with Crippen molar-refractivity contribution in [1.29, 1.82) is 0 Å². The summed E-state index contributed by atoms with van der Waals surface area (Å²) in [6.45, 7) is 1.61. The highest BCUT2D eigenvalue weighted by molar-refractivity contribution is 6.35. The van der Waals surface area contributed by atoms with Crippen molar-refractivity contribution < 1.29 is 14.3 Å². The summed E-state index contributed by atoms with van der Waals surface area (Å²) in [5, 5.41) is 6.85. The molecule has 1 fully saturated rings. The minimum atomic E-state index is -0.579. The molecule has 1 unspecified atom stereocenters. The van der Waals surface area contributed by atoms with Crippen LogP contribution < -0.4 is 5.32 Å².